The van der Waals surface area contributed by atoms with E-state index in [0.717, 1.165) is 31.7 Å². The Kier molecular flexibility index (Phi) is 5.74. The van der Waals surface area contributed by atoms with Gasteiger partial charge in [0, 0.05) is 19.2 Å². The van der Waals surface area contributed by atoms with Crippen molar-refractivity contribution in [1.82, 2.24) is 9.97 Å². The fraction of sp³-hybridized carbons (Fsp3) is 0.643. The van der Waals surface area contributed by atoms with Crippen molar-refractivity contribution in [3.63, 3.8) is 0 Å². The van der Waals surface area contributed by atoms with E-state index in [-0.39, 0.29) is 0 Å². The van der Waals surface area contributed by atoms with Gasteiger partial charge < -0.3 is 20.1 Å². The molecule has 0 spiro atoms. The minimum absolute atomic E-state index is 0.551. The van der Waals surface area contributed by atoms with Gasteiger partial charge in [-0.15, -0.1) is 0 Å². The van der Waals surface area contributed by atoms with E-state index in [2.05, 4.69) is 20.2 Å². The number of anilines is 2. The lowest BCUT2D eigenvalue weighted by atomic mass is 10.1. The Balaban J connectivity index is 2.03. The van der Waals surface area contributed by atoms with Crippen LogP contribution in [0.2, 0.25) is 0 Å². The molecule has 1 aliphatic rings. The zero-order valence-electron chi connectivity index (χ0n) is 12.3. The summed E-state index contributed by atoms with van der Waals surface area (Å²) in [7, 11) is 0. The number of aromatic nitrogens is 2. The van der Waals surface area contributed by atoms with Crippen LogP contribution in [0.1, 0.15) is 26.2 Å². The third-order valence-electron chi connectivity index (χ3n) is 3.45. The van der Waals surface area contributed by atoms with Crippen LogP contribution >= 0.6 is 0 Å². The van der Waals surface area contributed by atoms with E-state index >= 15 is 0 Å². The third-order valence-corrected chi connectivity index (χ3v) is 3.45. The number of carboxylic acid groups (broad SMARTS) is 1. The van der Waals surface area contributed by atoms with E-state index in [1.54, 1.807) is 6.07 Å². The van der Waals surface area contributed by atoms with E-state index in [9.17, 15) is 9.90 Å². The second-order valence-corrected chi connectivity index (χ2v) is 5.04. The van der Waals surface area contributed by atoms with Gasteiger partial charge in [0.15, 0.2) is 0 Å². The van der Waals surface area contributed by atoms with Crippen molar-refractivity contribution in [2.24, 2.45) is 0 Å². The molecule has 2 heterocycles. The molecule has 0 saturated carbocycles. The zero-order chi connectivity index (χ0) is 15.1. The highest BCUT2D eigenvalue weighted by Crippen LogP contribution is 2.17. The first-order valence-corrected chi connectivity index (χ1v) is 7.34. The topological polar surface area (TPSA) is 87.6 Å². The maximum absolute atomic E-state index is 11.3. The average molecular weight is 294 g/mol. The summed E-state index contributed by atoms with van der Waals surface area (Å²) in [4.78, 5) is 21.7. The number of carbonyl (C=O) groups is 1. The van der Waals surface area contributed by atoms with Crippen LogP contribution in [0.4, 0.5) is 11.6 Å². The summed E-state index contributed by atoms with van der Waals surface area (Å²) in [6.45, 7) is 4.98. The third kappa shape index (κ3) is 4.56. The van der Waals surface area contributed by atoms with Crippen LogP contribution in [0.15, 0.2) is 12.4 Å². The molecule has 2 N–H and O–H groups in total. The van der Waals surface area contributed by atoms with Crippen molar-refractivity contribution in [1.29, 1.82) is 0 Å². The summed E-state index contributed by atoms with van der Waals surface area (Å²) < 4.78 is 5.31. The quantitative estimate of drug-likeness (QED) is 0.785. The summed E-state index contributed by atoms with van der Waals surface area (Å²) in [5.74, 6) is 0.500. The molecule has 0 radical (unpaired) electrons. The van der Waals surface area contributed by atoms with Gasteiger partial charge >= 0.3 is 5.97 Å². The second-order valence-electron chi connectivity index (χ2n) is 5.04. The lowest BCUT2D eigenvalue weighted by Crippen LogP contribution is -2.37. The molecule has 1 saturated heterocycles. The molecule has 0 aromatic carbocycles. The van der Waals surface area contributed by atoms with E-state index in [1.807, 2.05) is 6.92 Å². The molecule has 2 rings (SSSR count). The van der Waals surface area contributed by atoms with Crippen molar-refractivity contribution in [3.05, 3.63) is 12.4 Å². The molecule has 1 unspecified atom stereocenters. The highest BCUT2D eigenvalue weighted by molar-refractivity contribution is 5.77. The fourth-order valence-electron chi connectivity index (χ4n) is 2.24. The maximum atomic E-state index is 11.3. The number of carboxylic acids is 1. The van der Waals surface area contributed by atoms with Crippen molar-refractivity contribution in [2.75, 3.05) is 36.5 Å². The van der Waals surface area contributed by atoms with Gasteiger partial charge in [-0.2, -0.15) is 0 Å². The molecule has 0 amide bonds. The van der Waals surface area contributed by atoms with Crippen LogP contribution in [0.25, 0.3) is 0 Å². The van der Waals surface area contributed by atoms with Gasteiger partial charge in [0.1, 0.15) is 24.0 Å². The zero-order valence-corrected chi connectivity index (χ0v) is 12.3. The number of unbranched alkanes of at least 4 members (excludes halogenated alkanes) is 1. The van der Waals surface area contributed by atoms with Gasteiger partial charge in [-0.1, -0.05) is 19.8 Å². The first kappa shape index (κ1) is 15.5. The number of morpholine rings is 1. The van der Waals surface area contributed by atoms with Gasteiger partial charge in [0.2, 0.25) is 0 Å². The Labute approximate surface area is 124 Å². The van der Waals surface area contributed by atoms with Gasteiger partial charge in [0.05, 0.1) is 13.2 Å². The number of rotatable bonds is 7. The summed E-state index contributed by atoms with van der Waals surface area (Å²) in [6, 6.07) is 1.19. The molecule has 1 aromatic rings. The highest BCUT2D eigenvalue weighted by Gasteiger charge is 2.18. The standard InChI is InChI=1S/C14H22N4O3/c1-2-3-4-11(14(19)20)17-12-9-13(16-10-15-12)18-5-7-21-8-6-18/h9-11H,2-8H2,1H3,(H,19,20)(H,15,16,17). The Hall–Kier alpha value is -1.89. The minimum Gasteiger partial charge on any atom is -0.480 e. The van der Waals surface area contributed by atoms with Crippen LogP contribution in [0.3, 0.4) is 0 Å². The Morgan fingerprint density at radius 3 is 2.90 bits per heavy atom. The van der Waals surface area contributed by atoms with Gasteiger partial charge in [-0.3, -0.25) is 0 Å². The monoisotopic (exact) mass is 294 g/mol. The summed E-state index contributed by atoms with van der Waals surface area (Å²) in [5.41, 5.74) is 0. The van der Waals surface area contributed by atoms with E-state index in [0.29, 0.717) is 25.5 Å². The van der Waals surface area contributed by atoms with Crippen LogP contribution in [-0.4, -0.2) is 53.4 Å². The van der Waals surface area contributed by atoms with Gasteiger partial charge in [0.25, 0.3) is 0 Å². The first-order chi connectivity index (χ1) is 10.2. The second kappa shape index (κ2) is 7.78. The summed E-state index contributed by atoms with van der Waals surface area (Å²) in [6.07, 6.45) is 3.88. The molecule has 0 aliphatic carbocycles. The number of nitrogens with zero attached hydrogens (tertiary/aromatic N) is 3. The fourth-order valence-corrected chi connectivity index (χ4v) is 2.24. The number of aliphatic carboxylic acids is 1. The molecular weight excluding hydrogens is 272 g/mol. The number of nitrogens with one attached hydrogen (secondary N) is 1. The lowest BCUT2D eigenvalue weighted by molar-refractivity contribution is -0.138. The average Bonchev–Trinajstić information content (AvgIpc) is 2.52. The van der Waals surface area contributed by atoms with E-state index < -0.39 is 12.0 Å². The minimum atomic E-state index is -0.852. The number of hydrogen-bond acceptors (Lipinski definition) is 6. The molecule has 1 fully saturated rings. The van der Waals surface area contributed by atoms with E-state index in [4.69, 9.17) is 4.74 Å². The molecule has 7 heteroatoms. The van der Waals surface area contributed by atoms with E-state index in [1.165, 1.54) is 6.33 Å². The maximum Gasteiger partial charge on any atom is 0.326 e. The predicted molar refractivity (Wildman–Crippen MR) is 79.6 cm³/mol. The molecule has 0 bridgehead atoms. The molecule has 116 valence electrons. The lowest BCUT2D eigenvalue weighted by Gasteiger charge is -2.28. The molecule has 21 heavy (non-hydrogen) atoms. The molecule has 1 atom stereocenters. The van der Waals surface area contributed by atoms with Crippen molar-refractivity contribution in [2.45, 2.75) is 32.2 Å². The Morgan fingerprint density at radius 2 is 2.24 bits per heavy atom. The van der Waals surface area contributed by atoms with Crippen LogP contribution in [-0.2, 0) is 9.53 Å². The SMILES string of the molecule is CCCCC(Nc1cc(N2CCOCC2)ncn1)C(=O)O. The van der Waals surface area contributed by atoms with Crippen LogP contribution < -0.4 is 10.2 Å². The van der Waals surface area contributed by atoms with Gasteiger partial charge in [-0.25, -0.2) is 14.8 Å². The first-order valence-electron chi connectivity index (χ1n) is 7.34. The number of ether oxygens (including phenoxy) is 1. The van der Waals surface area contributed by atoms with Crippen molar-refractivity contribution >= 4 is 17.6 Å². The van der Waals surface area contributed by atoms with Crippen molar-refractivity contribution in [3.8, 4) is 0 Å². The summed E-state index contributed by atoms with van der Waals surface area (Å²) >= 11 is 0. The van der Waals surface area contributed by atoms with Crippen molar-refractivity contribution < 1.29 is 14.6 Å². The normalized spacial score (nSPS) is 16.5. The van der Waals surface area contributed by atoms with Gasteiger partial charge in [-0.05, 0) is 6.42 Å². The van der Waals surface area contributed by atoms with Crippen LogP contribution in [0.5, 0.6) is 0 Å². The molecule has 1 aliphatic heterocycles. The molecular formula is C14H22N4O3. The molecule has 7 nitrogen and oxygen atoms in total. The smallest absolute Gasteiger partial charge is 0.326 e. The number of hydrogen-bond donors (Lipinski definition) is 2. The Bertz CT molecular complexity index is 463. The predicted octanol–water partition coefficient (Wildman–Crippen LogP) is 1.37. The largest absolute Gasteiger partial charge is 0.480 e. The highest BCUT2D eigenvalue weighted by atomic mass is 16.5. The Morgan fingerprint density at radius 1 is 1.48 bits per heavy atom. The summed E-state index contributed by atoms with van der Waals surface area (Å²) in [5, 5.41) is 12.2. The van der Waals surface area contributed by atoms with Crippen LogP contribution in [0, 0.1) is 0 Å². The molecule has 1 aromatic heterocycles.